The molecule has 0 spiro atoms. The van der Waals surface area contributed by atoms with E-state index in [1.54, 1.807) is 0 Å². The van der Waals surface area contributed by atoms with Crippen LogP contribution in [0.2, 0.25) is 0 Å². The van der Waals surface area contributed by atoms with Gasteiger partial charge in [0, 0.05) is 0 Å². The Balaban J connectivity index is 0.000000233. The van der Waals surface area contributed by atoms with E-state index in [0.717, 1.165) is 0 Å². The number of halogens is 4. The second kappa shape index (κ2) is 26.1. The van der Waals surface area contributed by atoms with Gasteiger partial charge in [-0.15, -0.1) is 69.1 Å². The minimum absolute atomic E-state index is 0.202. The number of hydrogen-bond acceptors (Lipinski definition) is 0. The molecule has 2 aliphatic rings. The van der Waals surface area contributed by atoms with E-state index in [2.05, 4.69) is 178 Å². The summed E-state index contributed by atoms with van der Waals surface area (Å²) >= 11 is -1.65. The third kappa shape index (κ3) is 15.6. The first kappa shape index (κ1) is 54.8. The van der Waals surface area contributed by atoms with Crippen molar-refractivity contribution in [2.45, 2.75) is 143 Å². The molecule has 0 amide bonds. The first-order valence-corrected chi connectivity index (χ1v) is 36.9. The average Bonchev–Trinajstić information content (AvgIpc) is 4.09. The normalized spacial score (nSPS) is 15.1. The summed E-state index contributed by atoms with van der Waals surface area (Å²) in [4.78, 5) is 0. The summed E-state index contributed by atoms with van der Waals surface area (Å²) in [7, 11) is 20.3. The van der Waals surface area contributed by atoms with E-state index in [1.807, 2.05) is 0 Å². The van der Waals surface area contributed by atoms with Crippen LogP contribution in [0.15, 0.2) is 109 Å². The summed E-state index contributed by atoms with van der Waals surface area (Å²) in [6.07, 6.45) is 16.4. The van der Waals surface area contributed by atoms with Crippen molar-refractivity contribution in [1.29, 1.82) is 0 Å². The summed E-state index contributed by atoms with van der Waals surface area (Å²) in [5, 5.41) is 5.62. The maximum atomic E-state index is 4.93. The quantitative estimate of drug-likeness (QED) is 0.105. The topological polar surface area (TPSA) is 0 Å². The predicted molar refractivity (Wildman–Crippen MR) is 277 cm³/mol. The number of fused-ring (bicyclic) bond motifs is 2. The van der Waals surface area contributed by atoms with Gasteiger partial charge >= 0.3 is 75.7 Å². The van der Waals surface area contributed by atoms with Crippen molar-refractivity contribution in [2.75, 3.05) is 0 Å². The molecule has 7 heteroatoms. The molecule has 0 N–H and O–H groups in total. The van der Waals surface area contributed by atoms with Crippen LogP contribution in [0.4, 0.5) is 0 Å². The predicted octanol–water partition coefficient (Wildman–Crippen LogP) is 19.1. The number of hydrogen-bond donors (Lipinski definition) is 0. The summed E-state index contributed by atoms with van der Waals surface area (Å²) in [6, 6.07) is 41.7. The van der Waals surface area contributed by atoms with Crippen molar-refractivity contribution < 1.29 is 41.7 Å². The molecule has 2 saturated carbocycles. The van der Waals surface area contributed by atoms with Crippen LogP contribution in [-0.4, -0.2) is 9.52 Å². The zero-order chi connectivity index (χ0) is 46.3. The zero-order valence-corrected chi connectivity index (χ0v) is 48.2. The van der Waals surface area contributed by atoms with Crippen molar-refractivity contribution in [3.05, 3.63) is 145 Å². The van der Waals surface area contributed by atoms with Crippen LogP contribution >= 0.6 is 34.1 Å². The fraction of sp³-hybridized carbons (Fsp3) is 0.429. The first-order chi connectivity index (χ1) is 30.0. The van der Waals surface area contributed by atoms with Gasteiger partial charge in [-0.25, -0.2) is 0 Å². The summed E-state index contributed by atoms with van der Waals surface area (Å²) < 4.78 is 0. The molecule has 0 nitrogen and oxygen atoms in total. The van der Waals surface area contributed by atoms with Crippen LogP contribution in [0.3, 0.4) is 0 Å². The molecule has 2 aliphatic carbocycles. The second-order valence-electron chi connectivity index (χ2n) is 19.9. The van der Waals surface area contributed by atoms with Gasteiger partial charge in [0.25, 0.3) is 0 Å². The molecular formula is C56H70Cl4SiZr2. The molecule has 334 valence electrons. The van der Waals surface area contributed by atoms with Gasteiger partial charge in [0.2, 0.25) is 0 Å². The van der Waals surface area contributed by atoms with Crippen LogP contribution < -0.4 is 0 Å². The van der Waals surface area contributed by atoms with Crippen LogP contribution in [0.5, 0.6) is 0 Å². The Morgan fingerprint density at radius 3 is 1.11 bits per heavy atom. The minimum atomic E-state index is -0.826. The molecule has 0 heterocycles. The molecule has 8 rings (SSSR count). The van der Waals surface area contributed by atoms with Gasteiger partial charge in [-0.05, 0) is 82.4 Å². The van der Waals surface area contributed by atoms with Gasteiger partial charge in [-0.3, -0.25) is 0 Å². The molecular weight excluding hydrogens is 1020 g/mol. The van der Waals surface area contributed by atoms with Gasteiger partial charge in [0.15, 0.2) is 0 Å². The Morgan fingerprint density at radius 1 is 0.540 bits per heavy atom. The van der Waals surface area contributed by atoms with Gasteiger partial charge in [-0.1, -0.05) is 166 Å². The SMILES string of the molecule is CCC1(Cc2cc3c(-c4ccc(C(C)(C)C)cc4)cccc3[cH-]2)CCCC1.CCC1(Cc2cc3c(-c4ccc(C(C)(C)C)cc4)cccc3[cH-]2)CCCC1.[CH2-][Si][CH2-].[Cl][Zr+2][Cl].[Cl][Zr+2][Cl]. The molecule has 0 atom stereocenters. The van der Waals surface area contributed by atoms with E-state index >= 15 is 0 Å². The molecule has 0 unspecified atom stereocenters. The van der Waals surface area contributed by atoms with Crippen molar-refractivity contribution in [1.82, 2.24) is 0 Å². The van der Waals surface area contributed by atoms with Gasteiger partial charge in [0.05, 0.1) is 0 Å². The van der Waals surface area contributed by atoms with Gasteiger partial charge < -0.3 is 22.6 Å². The Labute approximate surface area is 423 Å². The molecule has 2 fully saturated rings. The third-order valence-electron chi connectivity index (χ3n) is 13.7. The number of rotatable bonds is 8. The summed E-state index contributed by atoms with van der Waals surface area (Å²) in [6.45, 7) is 25.2. The Bertz CT molecular complexity index is 2060. The van der Waals surface area contributed by atoms with Crippen LogP contribution in [0, 0.1) is 23.9 Å². The van der Waals surface area contributed by atoms with E-state index in [4.69, 9.17) is 34.1 Å². The van der Waals surface area contributed by atoms with Crippen LogP contribution in [-0.2, 0) is 65.4 Å². The van der Waals surface area contributed by atoms with Crippen molar-refractivity contribution in [3.63, 3.8) is 0 Å². The van der Waals surface area contributed by atoms with E-state index in [9.17, 15) is 0 Å². The maximum absolute atomic E-state index is 4.93. The first-order valence-electron chi connectivity index (χ1n) is 22.9. The van der Waals surface area contributed by atoms with E-state index in [0.29, 0.717) is 20.3 Å². The fourth-order valence-electron chi connectivity index (χ4n) is 10.0. The standard InChI is InChI=1S/2C27H33.C2H4Si.4ClH.2Zr/c2*1-5-27(15-6-7-16-27)19-20-17-22-9-8-10-24(25(22)18-20)21-11-13-23(14-12-21)26(2,3)4;1-3-2;;;;;;/h2*8-14,17-18H,5-7,15-16,19H2,1-4H3;1-2H2;4*1H;;/q2*-1;-2;;;;;2*+4/p-4. The molecule has 6 aromatic rings. The van der Waals surface area contributed by atoms with Crippen LogP contribution in [0.25, 0.3) is 43.8 Å². The average molecular weight is 1100 g/mol. The van der Waals surface area contributed by atoms with Gasteiger partial charge in [0.1, 0.15) is 0 Å². The van der Waals surface area contributed by atoms with Gasteiger partial charge in [-0.2, -0.15) is 12.1 Å². The Hall–Kier alpha value is -0.757. The van der Waals surface area contributed by atoms with Crippen molar-refractivity contribution in [2.24, 2.45) is 10.8 Å². The van der Waals surface area contributed by atoms with E-state index in [1.165, 1.54) is 143 Å². The fourth-order valence-corrected chi connectivity index (χ4v) is 10.0. The monoisotopic (exact) mass is 1090 g/mol. The molecule has 0 bridgehead atoms. The van der Waals surface area contributed by atoms with Crippen molar-refractivity contribution in [3.8, 4) is 22.3 Å². The number of benzene rings is 4. The Morgan fingerprint density at radius 2 is 0.841 bits per heavy atom. The molecule has 63 heavy (non-hydrogen) atoms. The summed E-state index contributed by atoms with van der Waals surface area (Å²) in [5.74, 6) is 0. The Kier molecular flexibility index (Phi) is 22.7. The molecule has 0 aromatic heterocycles. The van der Waals surface area contributed by atoms with E-state index in [-0.39, 0.29) is 10.8 Å². The third-order valence-corrected chi connectivity index (χ3v) is 13.7. The van der Waals surface area contributed by atoms with E-state index < -0.39 is 41.7 Å². The summed E-state index contributed by atoms with van der Waals surface area (Å²) in [5.41, 5.74) is 12.8. The zero-order valence-electron chi connectivity index (χ0n) is 39.3. The van der Waals surface area contributed by atoms with Crippen LogP contribution in [0.1, 0.15) is 142 Å². The van der Waals surface area contributed by atoms with Crippen molar-refractivity contribution >= 4 is 65.1 Å². The second-order valence-corrected chi connectivity index (χ2v) is 27.8. The molecule has 2 radical (unpaired) electrons. The molecule has 0 aliphatic heterocycles. The molecule has 0 saturated heterocycles. The molecule has 6 aromatic carbocycles.